The summed E-state index contributed by atoms with van der Waals surface area (Å²) in [7, 11) is 3.03. The van der Waals surface area contributed by atoms with E-state index in [1.807, 2.05) is 0 Å². The topological polar surface area (TPSA) is 123 Å². The number of nitrogens with one attached hydrogen (secondary N) is 2. The molecule has 10 nitrogen and oxygen atoms in total. The molecule has 0 spiro atoms. The number of benzene rings is 3. The molecule has 0 bridgehead atoms. The van der Waals surface area contributed by atoms with Gasteiger partial charge in [-0.25, -0.2) is 9.69 Å². The van der Waals surface area contributed by atoms with Gasteiger partial charge in [-0.15, -0.1) is 0 Å². The maximum absolute atomic E-state index is 13.2. The fourth-order valence-electron chi connectivity index (χ4n) is 3.79. The molecular weight excluding hydrogens is 490 g/mol. The fraction of sp³-hybridized carbons (Fsp3) is 0.143. The molecule has 0 aromatic heterocycles. The first kappa shape index (κ1) is 26.0. The number of hydrogen-bond donors (Lipinski definition) is 2. The molecule has 1 heterocycles. The molecular formula is C28H25N3O7. The van der Waals surface area contributed by atoms with E-state index in [9.17, 15) is 19.2 Å². The number of hydrogen-bond acceptors (Lipinski definition) is 7. The van der Waals surface area contributed by atoms with Crippen LogP contribution < -0.4 is 29.7 Å². The zero-order valence-electron chi connectivity index (χ0n) is 20.9. The normalized spacial score (nSPS) is 14.2. The van der Waals surface area contributed by atoms with Gasteiger partial charge in [-0.2, -0.15) is 0 Å². The zero-order chi connectivity index (χ0) is 27.2. The van der Waals surface area contributed by atoms with E-state index < -0.39 is 17.8 Å². The summed E-state index contributed by atoms with van der Waals surface area (Å²) in [6.07, 6.45) is 1.41. The molecule has 194 valence electrons. The molecule has 0 aliphatic carbocycles. The highest BCUT2D eigenvalue weighted by molar-refractivity contribution is 6.39. The van der Waals surface area contributed by atoms with Gasteiger partial charge in [0, 0.05) is 18.2 Å². The van der Waals surface area contributed by atoms with Gasteiger partial charge < -0.3 is 19.5 Å². The number of anilines is 2. The summed E-state index contributed by atoms with van der Waals surface area (Å²) in [5.41, 5.74) is 1.94. The van der Waals surface area contributed by atoms with Gasteiger partial charge in [0.25, 0.3) is 11.8 Å². The smallest absolute Gasteiger partial charge is 0.335 e. The van der Waals surface area contributed by atoms with Crippen molar-refractivity contribution in [1.82, 2.24) is 5.32 Å². The van der Waals surface area contributed by atoms with Gasteiger partial charge in [-0.1, -0.05) is 6.07 Å². The molecule has 1 saturated heterocycles. The highest BCUT2D eigenvalue weighted by Crippen LogP contribution is 2.27. The third-order valence-corrected chi connectivity index (χ3v) is 5.62. The lowest BCUT2D eigenvalue weighted by molar-refractivity contribution is -0.122. The van der Waals surface area contributed by atoms with Gasteiger partial charge in [0.15, 0.2) is 0 Å². The van der Waals surface area contributed by atoms with Crippen molar-refractivity contribution in [3.63, 3.8) is 0 Å². The van der Waals surface area contributed by atoms with Crippen molar-refractivity contribution in [2.75, 3.05) is 24.4 Å². The molecule has 10 heteroatoms. The predicted molar refractivity (Wildman–Crippen MR) is 140 cm³/mol. The molecule has 2 N–H and O–H groups in total. The van der Waals surface area contributed by atoms with Crippen molar-refractivity contribution in [3.05, 3.63) is 83.4 Å². The SMILES string of the molecule is COc1ccc(N2C(=O)NC(=O)/C(=C\c3ccc(OC)c(COc4ccc(NC(C)=O)cc4)c3)C2=O)cc1. The lowest BCUT2D eigenvalue weighted by Gasteiger charge is -2.26. The highest BCUT2D eigenvalue weighted by atomic mass is 16.5. The summed E-state index contributed by atoms with van der Waals surface area (Å²) in [5.74, 6) is -0.0376. The lowest BCUT2D eigenvalue weighted by atomic mass is 10.0. The van der Waals surface area contributed by atoms with Crippen molar-refractivity contribution in [3.8, 4) is 17.2 Å². The highest BCUT2D eigenvalue weighted by Gasteiger charge is 2.36. The molecule has 1 aliphatic rings. The number of ether oxygens (including phenoxy) is 3. The summed E-state index contributed by atoms with van der Waals surface area (Å²) >= 11 is 0. The Kier molecular flexibility index (Phi) is 7.72. The number of urea groups is 1. The Morgan fingerprint density at radius 1 is 0.921 bits per heavy atom. The molecule has 3 aromatic carbocycles. The summed E-state index contributed by atoms with van der Waals surface area (Å²) in [5, 5.41) is 4.90. The largest absolute Gasteiger partial charge is 0.497 e. The first-order valence-corrected chi connectivity index (χ1v) is 11.5. The van der Waals surface area contributed by atoms with Gasteiger partial charge in [-0.3, -0.25) is 19.7 Å². The second-order valence-corrected chi connectivity index (χ2v) is 8.22. The molecule has 1 fully saturated rings. The van der Waals surface area contributed by atoms with Crippen molar-refractivity contribution < 1.29 is 33.4 Å². The van der Waals surface area contributed by atoms with E-state index >= 15 is 0 Å². The van der Waals surface area contributed by atoms with Gasteiger partial charge >= 0.3 is 6.03 Å². The summed E-state index contributed by atoms with van der Waals surface area (Å²) in [6.45, 7) is 1.56. The van der Waals surface area contributed by atoms with Crippen LogP contribution in [-0.4, -0.2) is 38.0 Å². The van der Waals surface area contributed by atoms with Crippen LogP contribution in [-0.2, 0) is 21.0 Å². The average molecular weight is 516 g/mol. The quantitative estimate of drug-likeness (QED) is 0.344. The van der Waals surface area contributed by atoms with Crippen LogP contribution in [0.15, 0.2) is 72.3 Å². The Morgan fingerprint density at radius 3 is 2.24 bits per heavy atom. The number of carbonyl (C=O) groups excluding carboxylic acids is 4. The number of methoxy groups -OCH3 is 2. The van der Waals surface area contributed by atoms with E-state index in [1.165, 1.54) is 27.2 Å². The standard InChI is InChI=1S/C28H25N3O7/c1-17(32)29-20-5-9-23(10-6-20)38-16-19-14-18(4-13-25(19)37-3)15-24-26(33)30-28(35)31(27(24)34)21-7-11-22(36-2)12-8-21/h4-15H,16H2,1-3H3,(H,29,32)(H,30,33,35)/b24-15+. The first-order valence-electron chi connectivity index (χ1n) is 11.5. The van der Waals surface area contributed by atoms with Crippen molar-refractivity contribution in [2.24, 2.45) is 0 Å². The minimum Gasteiger partial charge on any atom is -0.497 e. The van der Waals surface area contributed by atoms with Crippen molar-refractivity contribution in [1.29, 1.82) is 0 Å². The molecule has 1 aliphatic heterocycles. The van der Waals surface area contributed by atoms with Gasteiger partial charge in [-0.05, 0) is 72.3 Å². The fourth-order valence-corrected chi connectivity index (χ4v) is 3.79. The molecule has 5 amide bonds. The molecule has 0 atom stereocenters. The molecule has 0 unspecified atom stereocenters. The second kappa shape index (κ2) is 11.3. The summed E-state index contributed by atoms with van der Waals surface area (Å²) in [4.78, 5) is 50.3. The van der Waals surface area contributed by atoms with Crippen LogP contribution in [0.2, 0.25) is 0 Å². The maximum Gasteiger partial charge on any atom is 0.335 e. The predicted octanol–water partition coefficient (Wildman–Crippen LogP) is 3.91. The van der Waals surface area contributed by atoms with Crippen LogP contribution in [0.5, 0.6) is 17.2 Å². The average Bonchev–Trinajstić information content (AvgIpc) is 2.90. The number of rotatable bonds is 8. The monoisotopic (exact) mass is 515 g/mol. The van der Waals surface area contributed by atoms with Crippen molar-refractivity contribution in [2.45, 2.75) is 13.5 Å². The maximum atomic E-state index is 13.2. The van der Waals surface area contributed by atoms with E-state index in [2.05, 4.69) is 10.6 Å². The van der Waals surface area contributed by atoms with E-state index in [4.69, 9.17) is 14.2 Å². The molecule has 38 heavy (non-hydrogen) atoms. The summed E-state index contributed by atoms with van der Waals surface area (Å²) < 4.78 is 16.4. The van der Waals surface area contributed by atoms with Crippen LogP contribution in [0.3, 0.4) is 0 Å². The number of nitrogens with zero attached hydrogens (tertiary/aromatic N) is 1. The van der Waals surface area contributed by atoms with E-state index in [1.54, 1.807) is 66.7 Å². The van der Waals surface area contributed by atoms with Crippen LogP contribution in [0, 0.1) is 0 Å². The minimum atomic E-state index is -0.837. The van der Waals surface area contributed by atoms with Gasteiger partial charge in [0.2, 0.25) is 5.91 Å². The van der Waals surface area contributed by atoms with Gasteiger partial charge in [0.05, 0.1) is 19.9 Å². The van der Waals surface area contributed by atoms with E-state index in [-0.39, 0.29) is 18.1 Å². The minimum absolute atomic E-state index is 0.135. The van der Waals surface area contributed by atoms with Crippen LogP contribution in [0.4, 0.5) is 16.2 Å². The Bertz CT molecular complexity index is 1410. The molecule has 0 radical (unpaired) electrons. The molecule has 0 saturated carbocycles. The third-order valence-electron chi connectivity index (χ3n) is 5.62. The molecule has 3 aromatic rings. The van der Waals surface area contributed by atoms with E-state index in [0.717, 1.165) is 4.90 Å². The number of amides is 5. The Hall–Kier alpha value is -5.12. The Balaban J connectivity index is 1.56. The van der Waals surface area contributed by atoms with Crippen LogP contribution in [0.25, 0.3) is 6.08 Å². The third kappa shape index (κ3) is 5.81. The number of carbonyl (C=O) groups is 4. The first-order chi connectivity index (χ1) is 18.3. The lowest BCUT2D eigenvalue weighted by Crippen LogP contribution is -2.54. The summed E-state index contributed by atoms with van der Waals surface area (Å²) in [6, 6.07) is 17.5. The number of barbiturate groups is 1. The van der Waals surface area contributed by atoms with Gasteiger partial charge in [0.1, 0.15) is 29.4 Å². The number of imide groups is 2. The zero-order valence-corrected chi connectivity index (χ0v) is 20.9. The van der Waals surface area contributed by atoms with Crippen molar-refractivity contribution >= 4 is 41.2 Å². The second-order valence-electron chi connectivity index (χ2n) is 8.22. The van der Waals surface area contributed by atoms with Crippen LogP contribution in [0.1, 0.15) is 18.1 Å². The Morgan fingerprint density at radius 2 is 1.61 bits per heavy atom. The Labute approximate surface area is 218 Å². The van der Waals surface area contributed by atoms with E-state index in [0.29, 0.717) is 39.8 Å². The van der Waals surface area contributed by atoms with Crippen LogP contribution >= 0.6 is 0 Å². The molecule has 4 rings (SSSR count).